The Morgan fingerprint density at radius 3 is 2.58 bits per heavy atom. The van der Waals surface area contributed by atoms with Crippen molar-refractivity contribution in [2.45, 2.75) is 24.3 Å². The Bertz CT molecular complexity index is 551. The highest BCUT2D eigenvalue weighted by molar-refractivity contribution is 9.10. The van der Waals surface area contributed by atoms with E-state index in [1.807, 2.05) is 0 Å². The van der Waals surface area contributed by atoms with E-state index in [1.165, 1.54) is 26.2 Å². The maximum atomic E-state index is 13.2. The van der Waals surface area contributed by atoms with Crippen LogP contribution in [0.2, 0.25) is 0 Å². The van der Waals surface area contributed by atoms with Gasteiger partial charge in [-0.1, -0.05) is 15.9 Å². The summed E-state index contributed by atoms with van der Waals surface area (Å²) in [5.74, 6) is -1.42. The summed E-state index contributed by atoms with van der Waals surface area (Å²) in [4.78, 5) is 11.1. The van der Waals surface area contributed by atoms with Crippen LogP contribution in [0, 0.1) is 5.82 Å². The first kappa shape index (κ1) is 16.1. The SMILES string of the molecule is COC(=O)CC(C)S(=O)(=O)Cc1cc(F)cc(Br)c1. The highest BCUT2D eigenvalue weighted by atomic mass is 79.9. The van der Waals surface area contributed by atoms with Crippen molar-refractivity contribution in [1.29, 1.82) is 0 Å². The van der Waals surface area contributed by atoms with Crippen molar-refractivity contribution in [3.8, 4) is 0 Å². The van der Waals surface area contributed by atoms with Crippen molar-refractivity contribution < 1.29 is 22.3 Å². The van der Waals surface area contributed by atoms with Gasteiger partial charge in [0.2, 0.25) is 0 Å². The third-order valence-electron chi connectivity index (χ3n) is 2.59. The summed E-state index contributed by atoms with van der Waals surface area (Å²) in [7, 11) is -2.34. The first-order chi connectivity index (χ1) is 8.74. The van der Waals surface area contributed by atoms with Crippen LogP contribution < -0.4 is 0 Å². The van der Waals surface area contributed by atoms with Gasteiger partial charge in [-0.2, -0.15) is 0 Å². The lowest BCUT2D eigenvalue weighted by Gasteiger charge is -2.12. The summed E-state index contributed by atoms with van der Waals surface area (Å²) in [6, 6.07) is 3.94. The lowest BCUT2D eigenvalue weighted by molar-refractivity contribution is -0.140. The zero-order valence-electron chi connectivity index (χ0n) is 10.5. The van der Waals surface area contributed by atoms with Crippen molar-refractivity contribution in [1.82, 2.24) is 0 Å². The summed E-state index contributed by atoms with van der Waals surface area (Å²) >= 11 is 3.10. The van der Waals surface area contributed by atoms with Crippen molar-refractivity contribution in [2.24, 2.45) is 0 Å². The molecule has 0 aliphatic rings. The van der Waals surface area contributed by atoms with Gasteiger partial charge in [-0.25, -0.2) is 12.8 Å². The Balaban J connectivity index is 2.87. The fourth-order valence-corrected chi connectivity index (χ4v) is 3.33. The molecular weight excluding hydrogens is 339 g/mol. The molecule has 4 nitrogen and oxygen atoms in total. The fourth-order valence-electron chi connectivity index (χ4n) is 1.51. The number of halogens is 2. The summed E-state index contributed by atoms with van der Waals surface area (Å²) in [6.45, 7) is 1.43. The van der Waals surface area contributed by atoms with E-state index in [0.29, 0.717) is 10.0 Å². The Kier molecular flexibility index (Phi) is 5.49. The standard InChI is InChI=1S/C12H14BrFO4S/c1-8(3-12(15)18-2)19(16,17)7-9-4-10(13)6-11(14)5-9/h4-6,8H,3,7H2,1-2H3. The molecule has 0 aromatic heterocycles. The largest absolute Gasteiger partial charge is 0.469 e. The Morgan fingerprint density at radius 2 is 2.05 bits per heavy atom. The number of ether oxygens (including phenoxy) is 1. The number of sulfone groups is 1. The van der Waals surface area contributed by atoms with Crippen molar-refractivity contribution in [3.05, 3.63) is 34.1 Å². The normalized spacial score (nSPS) is 13.1. The molecule has 0 aliphatic carbocycles. The van der Waals surface area contributed by atoms with Crippen LogP contribution in [0.5, 0.6) is 0 Å². The number of rotatable bonds is 5. The number of carbonyl (C=O) groups excluding carboxylic acids is 1. The molecule has 0 saturated heterocycles. The number of esters is 1. The number of carbonyl (C=O) groups is 1. The van der Waals surface area contributed by atoms with Crippen LogP contribution >= 0.6 is 15.9 Å². The Labute approximate surface area is 120 Å². The topological polar surface area (TPSA) is 60.4 Å². The van der Waals surface area contributed by atoms with Gasteiger partial charge in [0, 0.05) is 4.47 Å². The average Bonchev–Trinajstić information content (AvgIpc) is 2.26. The Hall–Kier alpha value is -0.950. The third kappa shape index (κ3) is 4.91. The van der Waals surface area contributed by atoms with Gasteiger partial charge in [0.25, 0.3) is 0 Å². The molecule has 1 aromatic carbocycles. The molecule has 7 heteroatoms. The summed E-state index contributed by atoms with van der Waals surface area (Å²) in [6.07, 6.45) is -0.213. The average molecular weight is 353 g/mol. The molecule has 19 heavy (non-hydrogen) atoms. The van der Waals surface area contributed by atoms with E-state index in [2.05, 4.69) is 20.7 Å². The minimum Gasteiger partial charge on any atom is -0.469 e. The summed E-state index contributed by atoms with van der Waals surface area (Å²) < 4.78 is 42.1. The zero-order chi connectivity index (χ0) is 14.6. The van der Waals surface area contributed by atoms with E-state index in [4.69, 9.17) is 0 Å². The maximum absolute atomic E-state index is 13.2. The first-order valence-corrected chi connectivity index (χ1v) is 7.99. The predicted molar refractivity (Wildman–Crippen MR) is 72.8 cm³/mol. The van der Waals surface area contributed by atoms with E-state index < -0.39 is 26.9 Å². The van der Waals surface area contributed by atoms with E-state index >= 15 is 0 Å². The molecule has 1 rings (SSSR count). The van der Waals surface area contributed by atoms with Crippen LogP contribution in [-0.4, -0.2) is 26.7 Å². The first-order valence-electron chi connectivity index (χ1n) is 5.48. The molecule has 0 fully saturated rings. The van der Waals surface area contributed by atoms with Gasteiger partial charge in [-0.3, -0.25) is 4.79 Å². The van der Waals surface area contributed by atoms with Crippen molar-refractivity contribution >= 4 is 31.7 Å². The molecule has 0 spiro atoms. The fraction of sp³-hybridized carbons (Fsp3) is 0.417. The monoisotopic (exact) mass is 352 g/mol. The second-order valence-electron chi connectivity index (χ2n) is 4.18. The molecule has 0 aliphatic heterocycles. The molecule has 0 bridgehead atoms. The molecular formula is C12H14BrFO4S. The van der Waals surface area contributed by atoms with Crippen LogP contribution in [0.4, 0.5) is 4.39 Å². The maximum Gasteiger partial charge on any atom is 0.306 e. The van der Waals surface area contributed by atoms with Crippen LogP contribution in [0.3, 0.4) is 0 Å². The van der Waals surface area contributed by atoms with Gasteiger partial charge in [0.15, 0.2) is 9.84 Å². The highest BCUT2D eigenvalue weighted by Gasteiger charge is 2.24. The second-order valence-corrected chi connectivity index (χ2v) is 7.51. The van der Waals surface area contributed by atoms with Crippen LogP contribution in [0.1, 0.15) is 18.9 Å². The second kappa shape index (κ2) is 6.47. The zero-order valence-corrected chi connectivity index (χ0v) is 12.9. The molecule has 0 N–H and O–H groups in total. The third-order valence-corrected chi connectivity index (χ3v) is 5.17. The van der Waals surface area contributed by atoms with E-state index in [9.17, 15) is 17.6 Å². The number of benzene rings is 1. The highest BCUT2D eigenvalue weighted by Crippen LogP contribution is 2.19. The van der Waals surface area contributed by atoms with E-state index in [0.717, 1.165) is 6.07 Å². The van der Waals surface area contributed by atoms with Gasteiger partial charge in [0.1, 0.15) is 5.82 Å². The molecule has 0 heterocycles. The molecule has 0 radical (unpaired) electrons. The summed E-state index contributed by atoms with van der Waals surface area (Å²) in [5, 5.41) is -0.873. The van der Waals surface area contributed by atoms with E-state index in [1.54, 1.807) is 0 Å². The van der Waals surface area contributed by atoms with Gasteiger partial charge < -0.3 is 4.74 Å². The molecule has 106 valence electrons. The van der Waals surface area contributed by atoms with Crippen LogP contribution in [0.15, 0.2) is 22.7 Å². The number of hydrogen-bond donors (Lipinski definition) is 0. The molecule has 1 aromatic rings. The quantitative estimate of drug-likeness (QED) is 0.763. The number of methoxy groups -OCH3 is 1. The smallest absolute Gasteiger partial charge is 0.306 e. The van der Waals surface area contributed by atoms with E-state index in [-0.39, 0.29) is 12.2 Å². The lowest BCUT2D eigenvalue weighted by atomic mass is 10.2. The molecule has 0 amide bonds. The van der Waals surface area contributed by atoms with Crippen molar-refractivity contribution in [3.63, 3.8) is 0 Å². The molecule has 1 atom stereocenters. The van der Waals surface area contributed by atoms with Gasteiger partial charge >= 0.3 is 5.97 Å². The number of hydrogen-bond acceptors (Lipinski definition) is 4. The van der Waals surface area contributed by atoms with Crippen LogP contribution in [-0.2, 0) is 25.1 Å². The predicted octanol–water partition coefficient (Wildman–Crippen LogP) is 2.45. The van der Waals surface area contributed by atoms with Gasteiger partial charge in [-0.15, -0.1) is 0 Å². The minimum atomic E-state index is -3.54. The van der Waals surface area contributed by atoms with Crippen molar-refractivity contribution in [2.75, 3.05) is 7.11 Å². The van der Waals surface area contributed by atoms with Gasteiger partial charge in [-0.05, 0) is 30.7 Å². The Morgan fingerprint density at radius 1 is 1.42 bits per heavy atom. The van der Waals surface area contributed by atoms with Crippen LogP contribution in [0.25, 0.3) is 0 Å². The van der Waals surface area contributed by atoms with Gasteiger partial charge in [0.05, 0.1) is 24.5 Å². The summed E-state index contributed by atoms with van der Waals surface area (Å²) in [5.41, 5.74) is 0.337. The molecule has 1 unspecified atom stereocenters. The lowest BCUT2D eigenvalue weighted by Crippen LogP contribution is -2.23. The molecule has 0 saturated carbocycles. The minimum absolute atomic E-state index is 0.213.